The molecule has 0 aliphatic carbocycles. The number of fused-ring (bicyclic) bond motifs is 1. The summed E-state index contributed by atoms with van der Waals surface area (Å²) in [6.45, 7) is 1.98. The Morgan fingerprint density at radius 1 is 1.21 bits per heavy atom. The van der Waals surface area contributed by atoms with Gasteiger partial charge < -0.3 is 5.32 Å². The minimum atomic E-state index is -0.0806. The number of carbonyl (C=O) groups is 1. The third kappa shape index (κ3) is 4.91. The number of halogens is 1. The number of rotatable bonds is 6. The molecule has 28 heavy (non-hydrogen) atoms. The van der Waals surface area contributed by atoms with Gasteiger partial charge in [0.15, 0.2) is 0 Å². The Bertz CT molecular complexity index is 1140. The highest BCUT2D eigenvalue weighted by molar-refractivity contribution is 8.00. The van der Waals surface area contributed by atoms with Crippen LogP contribution in [0.2, 0.25) is 5.02 Å². The van der Waals surface area contributed by atoms with Gasteiger partial charge in [0.2, 0.25) is 5.91 Å². The predicted octanol–water partition coefficient (Wildman–Crippen LogP) is 6.19. The number of aromatic nitrogens is 2. The Balaban J connectivity index is 1.34. The topological polar surface area (TPSA) is 54.9 Å². The fourth-order valence-corrected chi connectivity index (χ4v) is 5.51. The van der Waals surface area contributed by atoms with Crippen LogP contribution in [0.1, 0.15) is 16.3 Å². The van der Waals surface area contributed by atoms with Crippen LogP contribution < -0.4 is 5.32 Å². The van der Waals surface area contributed by atoms with Gasteiger partial charge in [-0.3, -0.25) is 4.79 Å². The Morgan fingerprint density at radius 3 is 2.96 bits per heavy atom. The van der Waals surface area contributed by atoms with E-state index in [-0.39, 0.29) is 12.3 Å². The van der Waals surface area contributed by atoms with Gasteiger partial charge >= 0.3 is 0 Å². The average Bonchev–Trinajstić information content (AvgIpc) is 3.25. The van der Waals surface area contributed by atoms with Crippen LogP contribution in [-0.2, 0) is 17.0 Å². The summed E-state index contributed by atoms with van der Waals surface area (Å²) in [4.78, 5) is 21.4. The molecule has 4 nitrogen and oxygen atoms in total. The largest absolute Gasteiger partial charge is 0.326 e. The van der Waals surface area contributed by atoms with Crippen molar-refractivity contribution in [2.45, 2.75) is 23.4 Å². The molecular formula is C20H16ClN3OS3. The highest BCUT2D eigenvalue weighted by Crippen LogP contribution is 2.28. The third-order valence-electron chi connectivity index (χ3n) is 3.90. The maximum atomic E-state index is 12.4. The van der Waals surface area contributed by atoms with Crippen LogP contribution in [-0.4, -0.2) is 15.9 Å². The summed E-state index contributed by atoms with van der Waals surface area (Å²) in [5.74, 6) is 0.718. The number of aryl methyl sites for hydroxylation is 1. The van der Waals surface area contributed by atoms with E-state index < -0.39 is 0 Å². The predicted molar refractivity (Wildman–Crippen MR) is 120 cm³/mol. The first-order chi connectivity index (χ1) is 13.5. The number of nitrogens with zero attached hydrogens (tertiary/aromatic N) is 2. The highest BCUT2D eigenvalue weighted by atomic mass is 35.5. The molecule has 142 valence electrons. The lowest BCUT2D eigenvalue weighted by atomic mass is 10.2. The fourth-order valence-electron chi connectivity index (χ4n) is 2.70. The molecule has 0 radical (unpaired) electrons. The van der Waals surface area contributed by atoms with Crippen molar-refractivity contribution in [3.05, 3.63) is 69.1 Å². The van der Waals surface area contributed by atoms with Crippen LogP contribution in [0.15, 0.2) is 52.2 Å². The first-order valence-corrected chi connectivity index (χ1v) is 11.6. The van der Waals surface area contributed by atoms with Crippen molar-refractivity contribution in [1.82, 2.24) is 9.97 Å². The second-order valence-electron chi connectivity index (χ2n) is 6.16. The zero-order valence-electron chi connectivity index (χ0n) is 14.9. The zero-order chi connectivity index (χ0) is 19.5. The third-order valence-corrected chi connectivity index (χ3v) is 7.23. The van der Waals surface area contributed by atoms with Crippen molar-refractivity contribution in [2.75, 3.05) is 5.32 Å². The van der Waals surface area contributed by atoms with Crippen molar-refractivity contribution in [2.24, 2.45) is 0 Å². The Morgan fingerprint density at radius 2 is 2.11 bits per heavy atom. The summed E-state index contributed by atoms with van der Waals surface area (Å²) in [5.41, 5.74) is 3.60. The molecule has 8 heteroatoms. The van der Waals surface area contributed by atoms with E-state index in [1.807, 2.05) is 54.8 Å². The van der Waals surface area contributed by atoms with Gasteiger partial charge in [-0.15, -0.1) is 22.7 Å². The Hall–Kier alpha value is -1.93. The molecule has 0 saturated heterocycles. The smallest absolute Gasteiger partial charge is 0.230 e. The Labute approximate surface area is 180 Å². The van der Waals surface area contributed by atoms with E-state index in [1.54, 1.807) is 34.4 Å². The van der Waals surface area contributed by atoms with Crippen LogP contribution in [0, 0.1) is 6.92 Å². The summed E-state index contributed by atoms with van der Waals surface area (Å²) in [6.07, 6.45) is 0.252. The molecule has 1 amide bonds. The van der Waals surface area contributed by atoms with Crippen LogP contribution in [0.4, 0.5) is 5.69 Å². The number of anilines is 1. The minimum Gasteiger partial charge on any atom is -0.326 e. The van der Waals surface area contributed by atoms with Gasteiger partial charge in [0.25, 0.3) is 0 Å². The molecule has 4 aromatic rings. The van der Waals surface area contributed by atoms with Crippen LogP contribution in [0.3, 0.4) is 0 Å². The number of carbonyl (C=O) groups excluding carboxylic acids is 1. The molecule has 0 spiro atoms. The number of hydrogen-bond acceptors (Lipinski definition) is 6. The molecule has 0 bridgehead atoms. The summed E-state index contributed by atoms with van der Waals surface area (Å²) in [7, 11) is 0. The second-order valence-corrected chi connectivity index (χ2v) is 9.92. The van der Waals surface area contributed by atoms with Gasteiger partial charge in [-0.05, 0) is 42.8 Å². The molecule has 4 rings (SSSR count). The Kier molecular flexibility index (Phi) is 5.96. The number of hydrogen-bond donors (Lipinski definition) is 1. The molecule has 1 N–H and O–H groups in total. The first-order valence-electron chi connectivity index (χ1n) is 8.54. The average molecular weight is 446 g/mol. The van der Waals surface area contributed by atoms with Crippen LogP contribution >= 0.6 is 46.0 Å². The van der Waals surface area contributed by atoms with Gasteiger partial charge in [-0.25, -0.2) is 9.97 Å². The van der Waals surface area contributed by atoms with Crippen molar-refractivity contribution >= 4 is 67.8 Å². The van der Waals surface area contributed by atoms with Gasteiger partial charge in [0, 0.05) is 21.8 Å². The lowest BCUT2D eigenvalue weighted by molar-refractivity contribution is -0.115. The summed E-state index contributed by atoms with van der Waals surface area (Å²) >= 11 is 10.9. The summed E-state index contributed by atoms with van der Waals surface area (Å²) in [5, 5.41) is 6.63. The van der Waals surface area contributed by atoms with Crippen LogP contribution in [0.25, 0.3) is 10.2 Å². The molecule has 0 aliphatic rings. The second kappa shape index (κ2) is 8.61. The molecule has 0 fully saturated rings. The van der Waals surface area contributed by atoms with Crippen molar-refractivity contribution in [3.63, 3.8) is 0 Å². The van der Waals surface area contributed by atoms with Crippen molar-refractivity contribution in [1.29, 1.82) is 0 Å². The van der Waals surface area contributed by atoms with Crippen molar-refractivity contribution in [3.8, 4) is 0 Å². The molecule has 0 atom stereocenters. The van der Waals surface area contributed by atoms with E-state index in [0.29, 0.717) is 0 Å². The standard InChI is InChI=1S/C20H16ClN3OS3/c1-12-22-17-8-15(5-6-18(17)28-12)23-19(25)9-16-11-27-20(24-16)26-10-13-3-2-4-14(21)7-13/h2-8,11H,9-10H2,1H3,(H,23,25). The molecule has 0 aliphatic heterocycles. The van der Waals surface area contributed by atoms with E-state index in [4.69, 9.17) is 11.6 Å². The number of amides is 1. The lowest BCUT2D eigenvalue weighted by Gasteiger charge is -2.03. The molecule has 2 aromatic carbocycles. The number of nitrogens with one attached hydrogen (secondary N) is 1. The minimum absolute atomic E-state index is 0.0806. The summed E-state index contributed by atoms with van der Waals surface area (Å²) < 4.78 is 2.07. The van der Waals surface area contributed by atoms with E-state index in [0.717, 1.165) is 47.3 Å². The number of thioether (sulfide) groups is 1. The van der Waals surface area contributed by atoms with E-state index >= 15 is 0 Å². The molecule has 2 heterocycles. The SMILES string of the molecule is Cc1nc2cc(NC(=O)Cc3csc(SCc4cccc(Cl)c4)n3)ccc2s1. The summed E-state index contributed by atoms with van der Waals surface area (Å²) in [6, 6.07) is 13.6. The molecular weight excluding hydrogens is 430 g/mol. The molecule has 0 saturated carbocycles. The van der Waals surface area contributed by atoms with Gasteiger partial charge in [0.05, 0.1) is 27.3 Å². The number of thiazole rings is 2. The van der Waals surface area contributed by atoms with Crippen molar-refractivity contribution < 1.29 is 4.79 Å². The first kappa shape index (κ1) is 19.4. The quantitative estimate of drug-likeness (QED) is 0.359. The monoisotopic (exact) mass is 445 g/mol. The van der Waals surface area contributed by atoms with E-state index in [9.17, 15) is 4.79 Å². The number of benzene rings is 2. The van der Waals surface area contributed by atoms with Gasteiger partial charge in [-0.2, -0.15) is 0 Å². The zero-order valence-corrected chi connectivity index (χ0v) is 18.1. The van der Waals surface area contributed by atoms with Gasteiger partial charge in [-0.1, -0.05) is 35.5 Å². The fraction of sp³-hybridized carbons (Fsp3) is 0.150. The highest BCUT2D eigenvalue weighted by Gasteiger charge is 2.10. The maximum absolute atomic E-state index is 12.4. The van der Waals surface area contributed by atoms with Crippen LogP contribution in [0.5, 0.6) is 0 Å². The molecule has 0 unspecified atom stereocenters. The maximum Gasteiger partial charge on any atom is 0.230 e. The van der Waals surface area contributed by atoms with E-state index in [2.05, 4.69) is 15.3 Å². The lowest BCUT2D eigenvalue weighted by Crippen LogP contribution is -2.14. The normalized spacial score (nSPS) is 11.1. The van der Waals surface area contributed by atoms with E-state index in [1.165, 1.54) is 0 Å². The van der Waals surface area contributed by atoms with Gasteiger partial charge in [0.1, 0.15) is 4.34 Å². The molecule has 2 aromatic heterocycles.